The molecule has 0 aromatic heterocycles. The second kappa shape index (κ2) is 10.7. The van der Waals surface area contributed by atoms with Crippen molar-refractivity contribution in [3.05, 3.63) is 94.5 Å². The molecule has 0 bridgehead atoms. The van der Waals surface area contributed by atoms with Crippen LogP contribution in [-0.2, 0) is 22.3 Å². The standard InChI is InChI=1S/C25H19BrF3N3O2S/c26-18-9-11-19(12-10-18)30-23(34)21-14-22(33)32(15-16-5-2-1-3-6-16)24(35-21)31-20-8-4-7-17(13-20)25(27,28)29/h1-13,21H,14-15H2,(H,30,34). The highest BCUT2D eigenvalue weighted by atomic mass is 79.9. The minimum Gasteiger partial charge on any atom is -0.325 e. The zero-order valence-electron chi connectivity index (χ0n) is 18.1. The van der Waals surface area contributed by atoms with Gasteiger partial charge in [0.15, 0.2) is 5.17 Å². The lowest BCUT2D eigenvalue weighted by Gasteiger charge is -2.32. The van der Waals surface area contributed by atoms with E-state index in [0.29, 0.717) is 5.69 Å². The van der Waals surface area contributed by atoms with Gasteiger partial charge in [-0.1, -0.05) is 64.1 Å². The maximum Gasteiger partial charge on any atom is 0.416 e. The van der Waals surface area contributed by atoms with Crippen LogP contribution in [0.25, 0.3) is 0 Å². The number of rotatable bonds is 5. The van der Waals surface area contributed by atoms with Crippen LogP contribution in [0.1, 0.15) is 17.5 Å². The molecule has 180 valence electrons. The molecule has 0 saturated carbocycles. The Labute approximate surface area is 212 Å². The number of nitrogens with one attached hydrogen (secondary N) is 1. The van der Waals surface area contributed by atoms with Gasteiger partial charge < -0.3 is 5.32 Å². The van der Waals surface area contributed by atoms with Crippen molar-refractivity contribution < 1.29 is 22.8 Å². The molecule has 1 N–H and O–H groups in total. The first kappa shape index (κ1) is 25.0. The molecule has 4 rings (SSSR count). The van der Waals surface area contributed by atoms with Crippen LogP contribution in [-0.4, -0.2) is 27.1 Å². The smallest absolute Gasteiger partial charge is 0.325 e. The van der Waals surface area contributed by atoms with Crippen LogP contribution in [0.15, 0.2) is 88.3 Å². The number of nitrogens with zero attached hydrogens (tertiary/aromatic N) is 2. The van der Waals surface area contributed by atoms with E-state index in [4.69, 9.17) is 0 Å². The van der Waals surface area contributed by atoms with Crippen molar-refractivity contribution in [2.75, 3.05) is 5.32 Å². The molecule has 1 aliphatic heterocycles. The number of carbonyl (C=O) groups is 2. The molecule has 0 spiro atoms. The fraction of sp³-hybridized carbons (Fsp3) is 0.160. The highest BCUT2D eigenvalue weighted by Crippen LogP contribution is 2.34. The van der Waals surface area contributed by atoms with Gasteiger partial charge in [-0.25, -0.2) is 4.99 Å². The molecule has 1 fully saturated rings. The number of benzene rings is 3. The summed E-state index contributed by atoms with van der Waals surface area (Å²) in [5.41, 5.74) is 0.595. The molecule has 5 nitrogen and oxygen atoms in total. The van der Waals surface area contributed by atoms with Crippen molar-refractivity contribution in [2.24, 2.45) is 4.99 Å². The largest absolute Gasteiger partial charge is 0.416 e. The fourth-order valence-electron chi connectivity index (χ4n) is 3.38. The predicted molar refractivity (Wildman–Crippen MR) is 134 cm³/mol. The molecule has 1 atom stereocenters. The second-order valence-corrected chi connectivity index (χ2v) is 9.80. The predicted octanol–water partition coefficient (Wildman–Crippen LogP) is 6.63. The number of anilines is 1. The zero-order chi connectivity index (χ0) is 25.0. The lowest BCUT2D eigenvalue weighted by Crippen LogP contribution is -2.44. The van der Waals surface area contributed by atoms with Gasteiger partial charge in [0.1, 0.15) is 5.25 Å². The van der Waals surface area contributed by atoms with Gasteiger partial charge >= 0.3 is 6.18 Å². The van der Waals surface area contributed by atoms with Gasteiger partial charge in [-0.2, -0.15) is 13.2 Å². The van der Waals surface area contributed by atoms with Crippen molar-refractivity contribution in [3.63, 3.8) is 0 Å². The normalized spacial score (nSPS) is 17.5. The summed E-state index contributed by atoms with van der Waals surface area (Å²) < 4.78 is 40.4. The van der Waals surface area contributed by atoms with Crippen molar-refractivity contribution in [1.82, 2.24) is 4.90 Å². The van der Waals surface area contributed by atoms with E-state index in [0.717, 1.165) is 33.9 Å². The summed E-state index contributed by atoms with van der Waals surface area (Å²) in [6.07, 6.45) is -4.59. The number of amides is 2. The number of hydrogen-bond donors (Lipinski definition) is 1. The number of alkyl halides is 3. The summed E-state index contributed by atoms with van der Waals surface area (Å²) in [4.78, 5) is 31.8. The summed E-state index contributed by atoms with van der Waals surface area (Å²) in [7, 11) is 0. The van der Waals surface area contributed by atoms with Crippen LogP contribution in [0.3, 0.4) is 0 Å². The highest BCUT2D eigenvalue weighted by Gasteiger charge is 2.36. The van der Waals surface area contributed by atoms with Gasteiger partial charge in [0.25, 0.3) is 0 Å². The van der Waals surface area contributed by atoms with Crippen molar-refractivity contribution in [1.29, 1.82) is 0 Å². The Bertz CT molecular complexity index is 1250. The van der Waals surface area contributed by atoms with Crippen LogP contribution >= 0.6 is 27.7 Å². The van der Waals surface area contributed by atoms with Crippen molar-refractivity contribution >= 4 is 56.0 Å². The highest BCUT2D eigenvalue weighted by molar-refractivity contribution is 9.10. The van der Waals surface area contributed by atoms with Crippen LogP contribution in [0.4, 0.5) is 24.5 Å². The van der Waals surface area contributed by atoms with Gasteiger partial charge in [0.2, 0.25) is 11.8 Å². The molecule has 35 heavy (non-hydrogen) atoms. The molecule has 1 aliphatic rings. The van der Waals surface area contributed by atoms with Gasteiger partial charge in [0.05, 0.1) is 17.8 Å². The van der Waals surface area contributed by atoms with E-state index in [2.05, 4.69) is 26.2 Å². The molecule has 3 aromatic rings. The third-order valence-electron chi connectivity index (χ3n) is 5.13. The van der Waals surface area contributed by atoms with Crippen molar-refractivity contribution in [2.45, 2.75) is 24.4 Å². The minimum atomic E-state index is -4.53. The Morgan fingerprint density at radius 1 is 1.06 bits per heavy atom. The quantitative estimate of drug-likeness (QED) is 0.380. The first-order chi connectivity index (χ1) is 16.7. The summed E-state index contributed by atoms with van der Waals surface area (Å²) in [6.45, 7) is 0.186. The number of hydrogen-bond acceptors (Lipinski definition) is 4. The van der Waals surface area contributed by atoms with Gasteiger partial charge in [0, 0.05) is 16.6 Å². The molecule has 1 unspecified atom stereocenters. The van der Waals surface area contributed by atoms with Gasteiger partial charge in [-0.3, -0.25) is 14.5 Å². The van der Waals surface area contributed by atoms with Gasteiger partial charge in [-0.05, 0) is 48.0 Å². The van der Waals surface area contributed by atoms with E-state index < -0.39 is 17.0 Å². The van der Waals surface area contributed by atoms with Crippen LogP contribution < -0.4 is 5.32 Å². The third-order valence-corrected chi connectivity index (χ3v) is 6.84. The van der Waals surface area contributed by atoms with Crippen LogP contribution in [0, 0.1) is 0 Å². The Morgan fingerprint density at radius 2 is 1.77 bits per heavy atom. The molecular formula is C25H19BrF3N3O2S. The average Bonchev–Trinajstić information content (AvgIpc) is 2.83. The number of halogens is 4. The Morgan fingerprint density at radius 3 is 2.46 bits per heavy atom. The summed E-state index contributed by atoms with van der Waals surface area (Å²) >= 11 is 4.39. The summed E-state index contributed by atoms with van der Waals surface area (Å²) in [5, 5.41) is 2.16. The van der Waals surface area contributed by atoms with E-state index in [1.165, 1.54) is 17.0 Å². The molecular weight excluding hydrogens is 543 g/mol. The van der Waals surface area contributed by atoms with E-state index in [-0.39, 0.29) is 35.6 Å². The first-order valence-corrected chi connectivity index (χ1v) is 12.2. The molecule has 2 amide bonds. The first-order valence-electron chi connectivity index (χ1n) is 10.5. The Kier molecular flexibility index (Phi) is 7.61. The summed E-state index contributed by atoms with van der Waals surface area (Å²) in [6, 6.07) is 20.7. The zero-order valence-corrected chi connectivity index (χ0v) is 20.5. The lowest BCUT2D eigenvalue weighted by atomic mass is 10.2. The number of aliphatic imine (C=N–C) groups is 1. The van der Waals surface area contributed by atoms with Crippen LogP contribution in [0.5, 0.6) is 0 Å². The third kappa shape index (κ3) is 6.52. The fourth-order valence-corrected chi connectivity index (χ4v) is 4.74. The van der Waals surface area contributed by atoms with E-state index in [1.54, 1.807) is 24.3 Å². The SMILES string of the molecule is O=C(Nc1ccc(Br)cc1)C1CC(=O)N(Cc2ccccc2)C(=Nc2cccc(C(F)(F)F)c2)S1. The van der Waals surface area contributed by atoms with E-state index in [1.807, 2.05) is 30.3 Å². The molecule has 0 radical (unpaired) electrons. The molecule has 1 saturated heterocycles. The summed E-state index contributed by atoms with van der Waals surface area (Å²) in [5.74, 6) is -0.726. The average molecular weight is 562 g/mol. The monoisotopic (exact) mass is 561 g/mol. The molecule has 3 aromatic carbocycles. The second-order valence-electron chi connectivity index (χ2n) is 7.71. The van der Waals surface area contributed by atoms with Crippen LogP contribution in [0.2, 0.25) is 0 Å². The number of amidine groups is 1. The maximum atomic E-state index is 13.2. The Hall–Kier alpha value is -3.11. The minimum absolute atomic E-state index is 0.0437. The van der Waals surface area contributed by atoms with E-state index >= 15 is 0 Å². The lowest BCUT2D eigenvalue weighted by molar-refractivity contribution is -0.137. The maximum absolute atomic E-state index is 13.2. The molecule has 1 heterocycles. The topological polar surface area (TPSA) is 61.8 Å². The molecule has 10 heteroatoms. The Balaban J connectivity index is 1.63. The number of carbonyl (C=O) groups excluding carboxylic acids is 2. The van der Waals surface area contributed by atoms with Crippen molar-refractivity contribution in [3.8, 4) is 0 Å². The molecule has 0 aliphatic carbocycles. The number of thioether (sulfide) groups is 1. The van der Waals surface area contributed by atoms with Gasteiger partial charge in [-0.15, -0.1) is 0 Å². The van der Waals surface area contributed by atoms with E-state index in [9.17, 15) is 22.8 Å².